The van der Waals surface area contributed by atoms with Crippen LogP contribution in [0.15, 0.2) is 11.4 Å². The van der Waals surface area contributed by atoms with Crippen LogP contribution in [0.25, 0.3) is 0 Å². The van der Waals surface area contributed by atoms with E-state index < -0.39 is 5.60 Å². The molecule has 0 aromatic carbocycles. The van der Waals surface area contributed by atoms with Gasteiger partial charge in [-0.2, -0.15) is 5.26 Å². The van der Waals surface area contributed by atoms with Gasteiger partial charge in [-0.15, -0.1) is 11.3 Å². The monoisotopic (exact) mass is 321 g/mol. The molecule has 1 aliphatic carbocycles. The van der Waals surface area contributed by atoms with Crippen molar-refractivity contribution in [1.82, 2.24) is 10.6 Å². The third-order valence-corrected chi connectivity index (χ3v) is 4.56. The number of hydrogen-bond acceptors (Lipinski definition) is 5. The van der Waals surface area contributed by atoms with Crippen LogP contribution in [0.3, 0.4) is 0 Å². The summed E-state index contributed by atoms with van der Waals surface area (Å²) >= 11 is 1.58. The Labute approximate surface area is 135 Å². The molecule has 22 heavy (non-hydrogen) atoms. The highest BCUT2D eigenvalue weighted by molar-refractivity contribution is 7.10. The zero-order valence-corrected chi connectivity index (χ0v) is 14.2. The molecule has 120 valence electrons. The van der Waals surface area contributed by atoms with Crippen molar-refractivity contribution in [1.29, 1.82) is 5.26 Å². The molecule has 2 rings (SSSR count). The van der Waals surface area contributed by atoms with E-state index in [1.165, 1.54) is 0 Å². The fourth-order valence-electron chi connectivity index (χ4n) is 2.43. The minimum absolute atomic E-state index is 0.197. The fourth-order valence-corrected chi connectivity index (χ4v) is 3.21. The second-order valence-electron chi connectivity index (χ2n) is 6.78. The number of alkyl carbamates (subject to hydrolysis) is 1. The number of thiophene rings is 1. The lowest BCUT2D eigenvalue weighted by Crippen LogP contribution is -2.59. The number of ether oxygens (including phenoxy) is 1. The van der Waals surface area contributed by atoms with E-state index in [0.29, 0.717) is 18.7 Å². The minimum atomic E-state index is -0.479. The Balaban J connectivity index is 1.81. The summed E-state index contributed by atoms with van der Waals surface area (Å²) in [6.45, 7) is 7.02. The summed E-state index contributed by atoms with van der Waals surface area (Å²) in [6.07, 6.45) is 2.70. The molecule has 1 heterocycles. The van der Waals surface area contributed by atoms with Gasteiger partial charge in [0.15, 0.2) is 0 Å². The Morgan fingerprint density at radius 3 is 2.73 bits per heavy atom. The van der Waals surface area contributed by atoms with E-state index in [-0.39, 0.29) is 11.6 Å². The maximum absolute atomic E-state index is 11.9. The Morgan fingerprint density at radius 1 is 1.50 bits per heavy atom. The third-order valence-electron chi connectivity index (χ3n) is 3.62. The highest BCUT2D eigenvalue weighted by atomic mass is 32.1. The number of rotatable bonds is 5. The van der Waals surface area contributed by atoms with E-state index >= 15 is 0 Å². The second-order valence-corrected chi connectivity index (χ2v) is 7.77. The maximum atomic E-state index is 11.9. The Kier molecular flexibility index (Phi) is 5.09. The highest BCUT2D eigenvalue weighted by Crippen LogP contribution is 2.31. The van der Waals surface area contributed by atoms with Crippen molar-refractivity contribution in [2.75, 3.05) is 6.54 Å². The van der Waals surface area contributed by atoms with Crippen LogP contribution in [0.1, 0.15) is 50.5 Å². The SMILES string of the molecule is CC(C)(C)OC(=O)NC1(CNCc2cc(C#N)cs2)CCC1. The summed E-state index contributed by atoms with van der Waals surface area (Å²) < 4.78 is 5.34. The molecule has 1 aliphatic rings. The quantitative estimate of drug-likeness (QED) is 0.873. The number of hydrogen-bond donors (Lipinski definition) is 2. The third kappa shape index (κ3) is 4.72. The number of nitriles is 1. The number of nitrogens with one attached hydrogen (secondary N) is 2. The van der Waals surface area contributed by atoms with Gasteiger partial charge in [-0.1, -0.05) is 0 Å². The lowest BCUT2D eigenvalue weighted by Gasteiger charge is -2.42. The molecule has 0 radical (unpaired) electrons. The van der Waals surface area contributed by atoms with Crippen LogP contribution in [0, 0.1) is 11.3 Å². The minimum Gasteiger partial charge on any atom is -0.444 e. The second kappa shape index (κ2) is 6.67. The first-order valence-electron chi connectivity index (χ1n) is 7.51. The molecule has 0 unspecified atom stereocenters. The van der Waals surface area contributed by atoms with Crippen molar-refractivity contribution < 1.29 is 9.53 Å². The largest absolute Gasteiger partial charge is 0.444 e. The fraction of sp³-hybridized carbons (Fsp3) is 0.625. The Morgan fingerprint density at radius 2 is 2.23 bits per heavy atom. The van der Waals surface area contributed by atoms with E-state index in [0.717, 1.165) is 24.1 Å². The van der Waals surface area contributed by atoms with Gasteiger partial charge in [-0.05, 0) is 46.1 Å². The van der Waals surface area contributed by atoms with Crippen LogP contribution in [0.5, 0.6) is 0 Å². The summed E-state index contributed by atoms with van der Waals surface area (Å²) in [4.78, 5) is 13.1. The van der Waals surface area contributed by atoms with Gasteiger partial charge < -0.3 is 15.4 Å². The van der Waals surface area contributed by atoms with Crippen LogP contribution >= 0.6 is 11.3 Å². The van der Waals surface area contributed by atoms with E-state index in [1.54, 1.807) is 11.3 Å². The standard InChI is InChI=1S/C16H23N3O2S/c1-15(2,3)21-14(20)19-16(5-4-6-16)11-18-9-13-7-12(8-17)10-22-13/h7,10,18H,4-6,9,11H2,1-3H3,(H,19,20). The highest BCUT2D eigenvalue weighted by Gasteiger charge is 2.39. The van der Waals surface area contributed by atoms with Crippen LogP contribution in [0.4, 0.5) is 4.79 Å². The number of nitrogens with zero attached hydrogens (tertiary/aromatic N) is 1. The molecule has 1 aromatic heterocycles. The molecule has 0 spiro atoms. The zero-order valence-electron chi connectivity index (χ0n) is 13.4. The zero-order chi connectivity index (χ0) is 16.2. The first-order valence-corrected chi connectivity index (χ1v) is 8.39. The number of carbonyl (C=O) groups is 1. The predicted molar refractivity (Wildman–Crippen MR) is 86.7 cm³/mol. The summed E-state index contributed by atoms with van der Waals surface area (Å²) in [5.41, 5.74) is 0.0251. The molecule has 6 heteroatoms. The maximum Gasteiger partial charge on any atom is 0.408 e. The number of amides is 1. The van der Waals surface area contributed by atoms with Gasteiger partial charge in [0.25, 0.3) is 0 Å². The van der Waals surface area contributed by atoms with Crippen molar-refractivity contribution in [3.8, 4) is 6.07 Å². The molecule has 0 aliphatic heterocycles. The molecular formula is C16H23N3O2S. The molecule has 0 atom stereocenters. The predicted octanol–water partition coefficient (Wildman–Crippen LogP) is 3.16. The number of carbonyl (C=O) groups excluding carboxylic acids is 1. The van der Waals surface area contributed by atoms with Crippen molar-refractivity contribution >= 4 is 17.4 Å². The van der Waals surface area contributed by atoms with Crippen LogP contribution in [-0.2, 0) is 11.3 Å². The van der Waals surface area contributed by atoms with E-state index in [1.807, 2.05) is 32.2 Å². The molecule has 2 N–H and O–H groups in total. The van der Waals surface area contributed by atoms with Crippen molar-refractivity contribution in [3.05, 3.63) is 21.9 Å². The lowest BCUT2D eigenvalue weighted by molar-refractivity contribution is 0.0382. The summed E-state index contributed by atoms with van der Waals surface area (Å²) in [7, 11) is 0. The Hall–Kier alpha value is -1.58. The average Bonchev–Trinajstić information content (AvgIpc) is 2.81. The summed E-state index contributed by atoms with van der Waals surface area (Å²) in [5, 5.41) is 17.1. The molecule has 5 nitrogen and oxygen atoms in total. The van der Waals surface area contributed by atoms with Crippen LogP contribution in [0.2, 0.25) is 0 Å². The van der Waals surface area contributed by atoms with Crippen molar-refractivity contribution in [2.24, 2.45) is 0 Å². The van der Waals surface area contributed by atoms with Gasteiger partial charge in [0.1, 0.15) is 11.7 Å². The topological polar surface area (TPSA) is 74.2 Å². The molecule has 1 fully saturated rings. The first-order chi connectivity index (χ1) is 10.3. The lowest BCUT2D eigenvalue weighted by atomic mass is 9.76. The van der Waals surface area contributed by atoms with Gasteiger partial charge in [0, 0.05) is 23.3 Å². The van der Waals surface area contributed by atoms with Crippen molar-refractivity contribution in [3.63, 3.8) is 0 Å². The van der Waals surface area contributed by atoms with Crippen LogP contribution in [-0.4, -0.2) is 23.8 Å². The summed E-state index contributed by atoms with van der Waals surface area (Å²) in [6, 6.07) is 4.03. The average molecular weight is 321 g/mol. The molecule has 0 bridgehead atoms. The van der Waals surface area contributed by atoms with Crippen molar-refractivity contribution in [2.45, 2.75) is 57.7 Å². The van der Waals surface area contributed by atoms with Gasteiger partial charge in [0.05, 0.1) is 11.1 Å². The molecule has 0 saturated heterocycles. The normalized spacial score (nSPS) is 16.5. The molecule has 1 amide bonds. The van der Waals surface area contributed by atoms with Gasteiger partial charge in [0.2, 0.25) is 0 Å². The Bertz CT molecular complexity index is 565. The van der Waals surface area contributed by atoms with E-state index in [2.05, 4.69) is 16.7 Å². The first kappa shape index (κ1) is 16.8. The molecule has 1 saturated carbocycles. The smallest absolute Gasteiger partial charge is 0.408 e. The van der Waals surface area contributed by atoms with Crippen LogP contribution < -0.4 is 10.6 Å². The van der Waals surface area contributed by atoms with Gasteiger partial charge in [-0.3, -0.25) is 0 Å². The van der Waals surface area contributed by atoms with Gasteiger partial charge >= 0.3 is 6.09 Å². The van der Waals surface area contributed by atoms with E-state index in [4.69, 9.17) is 10.00 Å². The van der Waals surface area contributed by atoms with Gasteiger partial charge in [-0.25, -0.2) is 4.79 Å². The van der Waals surface area contributed by atoms with E-state index in [9.17, 15) is 4.79 Å². The summed E-state index contributed by atoms with van der Waals surface area (Å²) in [5.74, 6) is 0. The molecular weight excluding hydrogens is 298 g/mol. The molecule has 1 aromatic rings.